The highest BCUT2D eigenvalue weighted by molar-refractivity contribution is 14.1. The number of epoxide rings is 1. The molecule has 4 nitrogen and oxygen atoms in total. The average Bonchev–Trinajstić information content (AvgIpc) is 2.89. The van der Waals surface area contributed by atoms with Crippen LogP contribution < -0.4 is 4.72 Å². The van der Waals surface area contributed by atoms with Crippen molar-refractivity contribution in [2.24, 2.45) is 0 Å². The number of hydrogen-bond donors (Lipinski definition) is 1. The summed E-state index contributed by atoms with van der Waals surface area (Å²) in [6.45, 7) is 0.721. The molecule has 1 N–H and O–H groups in total. The zero-order valence-corrected chi connectivity index (χ0v) is 11.0. The minimum atomic E-state index is -3.22. The van der Waals surface area contributed by atoms with Crippen LogP contribution in [0, 0.1) is 3.57 Å². The third kappa shape index (κ3) is 3.05. The van der Waals surface area contributed by atoms with Crippen LogP contribution in [0.3, 0.4) is 0 Å². The SMILES string of the molecule is CS(=O)(=O)Nc1cc([C@@H]2CO2)ccc1I. The van der Waals surface area contributed by atoms with E-state index in [1.54, 1.807) is 0 Å². The summed E-state index contributed by atoms with van der Waals surface area (Å²) in [5, 5.41) is 0. The van der Waals surface area contributed by atoms with E-state index < -0.39 is 10.0 Å². The zero-order chi connectivity index (χ0) is 11.1. The maximum absolute atomic E-state index is 11.1. The van der Waals surface area contributed by atoms with Gasteiger partial charge in [-0.05, 0) is 40.3 Å². The van der Waals surface area contributed by atoms with Gasteiger partial charge < -0.3 is 4.74 Å². The summed E-state index contributed by atoms with van der Waals surface area (Å²) in [5.41, 5.74) is 1.63. The second-order valence-corrected chi connectivity index (χ2v) is 6.35. The lowest BCUT2D eigenvalue weighted by atomic mass is 10.1. The third-order valence-corrected chi connectivity index (χ3v) is 3.52. The molecule has 0 spiro atoms. The van der Waals surface area contributed by atoms with Gasteiger partial charge >= 0.3 is 0 Å². The van der Waals surface area contributed by atoms with Gasteiger partial charge in [-0.2, -0.15) is 0 Å². The monoisotopic (exact) mass is 339 g/mol. The number of rotatable bonds is 3. The van der Waals surface area contributed by atoms with Crippen LogP contribution in [-0.2, 0) is 14.8 Å². The molecule has 1 fully saturated rings. The maximum atomic E-state index is 11.1. The van der Waals surface area contributed by atoms with Gasteiger partial charge in [-0.3, -0.25) is 4.72 Å². The number of anilines is 1. The Morgan fingerprint density at radius 1 is 1.53 bits per heavy atom. The van der Waals surface area contributed by atoms with Gasteiger partial charge in [-0.1, -0.05) is 6.07 Å². The fourth-order valence-corrected chi connectivity index (χ4v) is 2.48. The molecule has 1 saturated heterocycles. The van der Waals surface area contributed by atoms with Crippen molar-refractivity contribution in [2.45, 2.75) is 6.10 Å². The summed E-state index contributed by atoms with van der Waals surface area (Å²) in [7, 11) is -3.22. The summed E-state index contributed by atoms with van der Waals surface area (Å²) in [6, 6.07) is 5.65. The van der Waals surface area contributed by atoms with Gasteiger partial charge in [0.05, 0.1) is 18.6 Å². The van der Waals surface area contributed by atoms with Crippen LogP contribution in [-0.4, -0.2) is 21.3 Å². The van der Waals surface area contributed by atoms with Gasteiger partial charge in [-0.15, -0.1) is 0 Å². The Labute approximate surface area is 102 Å². The van der Waals surface area contributed by atoms with Crippen LogP contribution in [0.2, 0.25) is 0 Å². The van der Waals surface area contributed by atoms with E-state index in [1.165, 1.54) is 0 Å². The molecule has 1 atom stereocenters. The smallest absolute Gasteiger partial charge is 0.229 e. The number of ether oxygens (including phenoxy) is 1. The zero-order valence-electron chi connectivity index (χ0n) is 8.03. The molecule has 0 radical (unpaired) electrons. The van der Waals surface area contributed by atoms with Crippen molar-refractivity contribution in [3.63, 3.8) is 0 Å². The molecule has 1 aromatic rings. The molecular formula is C9H10INO3S. The molecule has 6 heteroatoms. The van der Waals surface area contributed by atoms with Crippen molar-refractivity contribution in [1.82, 2.24) is 0 Å². The van der Waals surface area contributed by atoms with Gasteiger partial charge in [0, 0.05) is 3.57 Å². The summed E-state index contributed by atoms with van der Waals surface area (Å²) >= 11 is 2.09. The van der Waals surface area contributed by atoms with Crippen molar-refractivity contribution in [1.29, 1.82) is 0 Å². The molecule has 0 amide bonds. The van der Waals surface area contributed by atoms with Crippen LogP contribution >= 0.6 is 22.6 Å². The Morgan fingerprint density at radius 2 is 2.20 bits per heavy atom. The first-order chi connectivity index (χ1) is 6.96. The van der Waals surface area contributed by atoms with Crippen LogP contribution in [0.4, 0.5) is 5.69 Å². The molecule has 1 aromatic carbocycles. The van der Waals surface area contributed by atoms with Gasteiger partial charge in [-0.25, -0.2) is 8.42 Å². The fraction of sp³-hybridized carbons (Fsp3) is 0.333. The van der Waals surface area contributed by atoms with E-state index in [4.69, 9.17) is 4.74 Å². The van der Waals surface area contributed by atoms with Gasteiger partial charge in [0.15, 0.2) is 0 Å². The lowest BCUT2D eigenvalue weighted by Gasteiger charge is -2.07. The Bertz CT molecular complexity index is 482. The van der Waals surface area contributed by atoms with E-state index in [-0.39, 0.29) is 6.10 Å². The fourth-order valence-electron chi connectivity index (χ4n) is 1.26. The van der Waals surface area contributed by atoms with Crippen molar-refractivity contribution in [3.05, 3.63) is 27.3 Å². The van der Waals surface area contributed by atoms with Gasteiger partial charge in [0.25, 0.3) is 0 Å². The largest absolute Gasteiger partial charge is 0.368 e. The van der Waals surface area contributed by atoms with E-state index in [1.807, 2.05) is 18.2 Å². The molecule has 0 saturated carbocycles. The quantitative estimate of drug-likeness (QED) is 0.674. The van der Waals surface area contributed by atoms with Crippen LogP contribution in [0.25, 0.3) is 0 Å². The lowest BCUT2D eigenvalue weighted by Crippen LogP contribution is -2.10. The molecule has 0 unspecified atom stereocenters. The Hall–Kier alpha value is -0.340. The normalized spacial score (nSPS) is 20.0. The number of nitrogens with one attached hydrogen (secondary N) is 1. The predicted molar refractivity (Wildman–Crippen MR) is 66.3 cm³/mol. The lowest BCUT2D eigenvalue weighted by molar-refractivity contribution is 0.415. The van der Waals surface area contributed by atoms with Gasteiger partial charge in [0.2, 0.25) is 10.0 Å². The molecule has 0 bridgehead atoms. The van der Waals surface area contributed by atoms with E-state index in [0.717, 1.165) is 22.0 Å². The van der Waals surface area contributed by atoms with Crippen LogP contribution in [0.1, 0.15) is 11.7 Å². The minimum Gasteiger partial charge on any atom is -0.368 e. The Morgan fingerprint density at radius 3 is 2.73 bits per heavy atom. The number of benzene rings is 1. The highest BCUT2D eigenvalue weighted by Gasteiger charge is 2.25. The second-order valence-electron chi connectivity index (χ2n) is 3.44. The van der Waals surface area contributed by atoms with E-state index in [2.05, 4.69) is 27.3 Å². The van der Waals surface area contributed by atoms with Crippen molar-refractivity contribution in [2.75, 3.05) is 17.6 Å². The number of hydrogen-bond acceptors (Lipinski definition) is 3. The highest BCUT2D eigenvalue weighted by atomic mass is 127. The topological polar surface area (TPSA) is 58.7 Å². The first-order valence-corrected chi connectivity index (χ1v) is 7.31. The molecule has 0 aromatic heterocycles. The Balaban J connectivity index is 2.32. The van der Waals surface area contributed by atoms with Crippen molar-refractivity contribution < 1.29 is 13.2 Å². The number of halogens is 1. The molecule has 15 heavy (non-hydrogen) atoms. The second kappa shape index (κ2) is 3.91. The summed E-state index contributed by atoms with van der Waals surface area (Å²) in [4.78, 5) is 0. The minimum absolute atomic E-state index is 0.141. The van der Waals surface area contributed by atoms with Crippen molar-refractivity contribution in [3.8, 4) is 0 Å². The van der Waals surface area contributed by atoms with E-state index >= 15 is 0 Å². The maximum Gasteiger partial charge on any atom is 0.229 e. The molecule has 1 aliphatic rings. The predicted octanol–water partition coefficient (Wildman–Crippen LogP) is 1.73. The molecular weight excluding hydrogens is 329 g/mol. The highest BCUT2D eigenvalue weighted by Crippen LogP contribution is 2.33. The summed E-state index contributed by atoms with van der Waals surface area (Å²) in [5.74, 6) is 0. The molecule has 82 valence electrons. The van der Waals surface area contributed by atoms with Crippen LogP contribution in [0.5, 0.6) is 0 Å². The molecule has 1 heterocycles. The van der Waals surface area contributed by atoms with E-state index in [9.17, 15) is 8.42 Å². The standard InChI is InChI=1S/C9H10INO3S/c1-15(12,13)11-8-4-6(9-5-14-9)2-3-7(8)10/h2-4,9,11H,5H2,1H3/t9-/m0/s1. The summed E-state index contributed by atoms with van der Waals surface area (Å²) < 4.78 is 30.7. The molecule has 1 aliphatic heterocycles. The molecule has 2 rings (SSSR count). The summed E-state index contributed by atoms with van der Waals surface area (Å²) in [6.07, 6.45) is 1.28. The first kappa shape index (κ1) is 11.2. The van der Waals surface area contributed by atoms with E-state index in [0.29, 0.717) is 5.69 Å². The first-order valence-electron chi connectivity index (χ1n) is 4.34. The van der Waals surface area contributed by atoms with Crippen molar-refractivity contribution >= 4 is 38.3 Å². The van der Waals surface area contributed by atoms with Gasteiger partial charge in [0.1, 0.15) is 6.10 Å². The third-order valence-electron chi connectivity index (χ3n) is 1.99. The molecule has 0 aliphatic carbocycles. The average molecular weight is 339 g/mol. The Kier molecular flexibility index (Phi) is 2.91. The number of sulfonamides is 1. The van der Waals surface area contributed by atoms with Crippen LogP contribution in [0.15, 0.2) is 18.2 Å².